The Morgan fingerprint density at radius 1 is 1.33 bits per heavy atom. The number of hydrogen-bond acceptors (Lipinski definition) is 4. The quantitative estimate of drug-likeness (QED) is 0.641. The number of imide groups is 1. The first kappa shape index (κ1) is 14.2. The highest BCUT2D eigenvalue weighted by Crippen LogP contribution is 2.31. The Morgan fingerprint density at radius 2 is 2.05 bits per heavy atom. The van der Waals surface area contributed by atoms with Gasteiger partial charge in [0.1, 0.15) is 5.54 Å². The average Bonchev–Trinajstić information content (AvgIpc) is 2.67. The topological polar surface area (TPSA) is 84.7 Å². The molecule has 7 heteroatoms. The molecule has 0 aromatic heterocycles. The predicted molar refractivity (Wildman–Crippen MR) is 77.7 cm³/mol. The van der Waals surface area contributed by atoms with Crippen LogP contribution in [-0.2, 0) is 16.1 Å². The molecule has 0 radical (unpaired) electrons. The van der Waals surface area contributed by atoms with E-state index in [9.17, 15) is 9.59 Å². The monoisotopic (exact) mass is 309 g/mol. The van der Waals surface area contributed by atoms with Crippen LogP contribution in [0.5, 0.6) is 0 Å². The van der Waals surface area contributed by atoms with Gasteiger partial charge < -0.3 is 15.8 Å². The highest BCUT2D eigenvalue weighted by molar-refractivity contribution is 6.31. The first-order chi connectivity index (χ1) is 10.0. The molecule has 0 bridgehead atoms. The van der Waals surface area contributed by atoms with E-state index in [-0.39, 0.29) is 12.5 Å². The summed E-state index contributed by atoms with van der Waals surface area (Å²) in [6, 6.07) is 4.72. The van der Waals surface area contributed by atoms with E-state index >= 15 is 0 Å². The molecule has 0 atom stereocenters. The maximum atomic E-state index is 12.6. The summed E-state index contributed by atoms with van der Waals surface area (Å²) in [6.45, 7) is 1.01. The number of benzene rings is 1. The molecule has 0 unspecified atom stereocenters. The Bertz CT molecular complexity index is 579. The normalized spacial score (nSPS) is 20.9. The van der Waals surface area contributed by atoms with Crippen LogP contribution < -0.4 is 11.1 Å². The van der Waals surface area contributed by atoms with Crippen molar-refractivity contribution in [2.45, 2.75) is 24.9 Å². The van der Waals surface area contributed by atoms with Gasteiger partial charge in [-0.3, -0.25) is 9.69 Å². The van der Waals surface area contributed by atoms with Crippen LogP contribution in [0.2, 0.25) is 5.02 Å². The number of nitrogen functional groups attached to an aromatic ring is 1. The molecule has 6 nitrogen and oxygen atoms in total. The lowest BCUT2D eigenvalue weighted by molar-refractivity contribution is -0.134. The smallest absolute Gasteiger partial charge is 0.325 e. The summed E-state index contributed by atoms with van der Waals surface area (Å²) in [4.78, 5) is 26.0. The van der Waals surface area contributed by atoms with Crippen molar-refractivity contribution < 1.29 is 14.3 Å². The number of urea groups is 1. The summed E-state index contributed by atoms with van der Waals surface area (Å²) in [5, 5.41) is 3.25. The largest absolute Gasteiger partial charge is 0.398 e. The van der Waals surface area contributed by atoms with Gasteiger partial charge in [-0.25, -0.2) is 4.79 Å². The second-order valence-corrected chi connectivity index (χ2v) is 5.73. The molecule has 2 heterocycles. The number of halogens is 1. The molecule has 1 aromatic carbocycles. The zero-order valence-corrected chi connectivity index (χ0v) is 12.2. The van der Waals surface area contributed by atoms with Gasteiger partial charge in [-0.2, -0.15) is 0 Å². The van der Waals surface area contributed by atoms with Gasteiger partial charge in [-0.1, -0.05) is 17.7 Å². The second-order valence-electron chi connectivity index (χ2n) is 5.32. The number of hydrogen-bond donors (Lipinski definition) is 2. The fourth-order valence-corrected chi connectivity index (χ4v) is 3.02. The molecular weight excluding hydrogens is 294 g/mol. The minimum Gasteiger partial charge on any atom is -0.398 e. The maximum Gasteiger partial charge on any atom is 0.325 e. The molecule has 1 spiro atoms. The van der Waals surface area contributed by atoms with Gasteiger partial charge in [0.2, 0.25) is 0 Å². The molecule has 2 aliphatic heterocycles. The molecule has 3 amide bonds. The minimum absolute atomic E-state index is 0.0821. The molecule has 2 aliphatic rings. The van der Waals surface area contributed by atoms with Crippen molar-refractivity contribution in [3.05, 3.63) is 28.8 Å². The van der Waals surface area contributed by atoms with Crippen molar-refractivity contribution in [2.24, 2.45) is 0 Å². The Balaban J connectivity index is 1.86. The number of nitrogens with two attached hydrogens (primary N) is 1. The van der Waals surface area contributed by atoms with Gasteiger partial charge in [0.25, 0.3) is 5.91 Å². The van der Waals surface area contributed by atoms with Gasteiger partial charge in [0.05, 0.1) is 6.54 Å². The number of amides is 3. The lowest BCUT2D eigenvalue weighted by atomic mass is 9.90. The Kier molecular flexibility index (Phi) is 3.51. The third-order valence-corrected chi connectivity index (χ3v) is 4.42. The van der Waals surface area contributed by atoms with Crippen LogP contribution >= 0.6 is 11.6 Å². The van der Waals surface area contributed by atoms with Crippen LogP contribution in [0.15, 0.2) is 18.2 Å². The Morgan fingerprint density at radius 3 is 2.71 bits per heavy atom. The third-order valence-electron chi connectivity index (χ3n) is 4.06. The van der Waals surface area contributed by atoms with Crippen molar-refractivity contribution >= 4 is 29.2 Å². The minimum atomic E-state index is -0.828. The molecule has 112 valence electrons. The van der Waals surface area contributed by atoms with Crippen LogP contribution in [0.4, 0.5) is 10.5 Å². The first-order valence-electron chi connectivity index (χ1n) is 6.78. The van der Waals surface area contributed by atoms with Crippen LogP contribution in [0.25, 0.3) is 0 Å². The van der Waals surface area contributed by atoms with Gasteiger partial charge in [-0.05, 0) is 12.1 Å². The van der Waals surface area contributed by atoms with E-state index in [1.54, 1.807) is 18.2 Å². The van der Waals surface area contributed by atoms with Crippen molar-refractivity contribution in [3.8, 4) is 0 Å². The highest BCUT2D eigenvalue weighted by atomic mass is 35.5. The number of carbonyl (C=O) groups is 2. The molecule has 3 N–H and O–H groups in total. The van der Waals surface area contributed by atoms with E-state index in [2.05, 4.69) is 5.32 Å². The van der Waals surface area contributed by atoms with Crippen LogP contribution in [0.1, 0.15) is 18.4 Å². The van der Waals surface area contributed by atoms with Gasteiger partial charge in [0, 0.05) is 42.3 Å². The van der Waals surface area contributed by atoms with E-state index in [4.69, 9.17) is 22.1 Å². The Hall–Kier alpha value is -1.79. The van der Waals surface area contributed by atoms with Crippen molar-refractivity contribution in [2.75, 3.05) is 18.9 Å². The SMILES string of the molecule is Nc1cccc(Cl)c1CN1C(=O)NC2(CCOCC2)C1=O. The second kappa shape index (κ2) is 5.20. The van der Waals surface area contributed by atoms with E-state index in [0.717, 1.165) is 0 Å². The zero-order chi connectivity index (χ0) is 15.0. The lowest BCUT2D eigenvalue weighted by Crippen LogP contribution is -2.51. The van der Waals surface area contributed by atoms with Crippen LogP contribution in [0.3, 0.4) is 0 Å². The third kappa shape index (κ3) is 2.34. The molecule has 2 fully saturated rings. The summed E-state index contributed by atoms with van der Waals surface area (Å²) in [5.41, 5.74) is 6.12. The lowest BCUT2D eigenvalue weighted by Gasteiger charge is -2.30. The number of rotatable bonds is 2. The molecule has 0 aliphatic carbocycles. The van der Waals surface area contributed by atoms with Gasteiger partial charge in [-0.15, -0.1) is 0 Å². The molecule has 21 heavy (non-hydrogen) atoms. The van der Waals surface area contributed by atoms with Crippen LogP contribution in [0, 0.1) is 0 Å². The van der Waals surface area contributed by atoms with Crippen LogP contribution in [-0.4, -0.2) is 35.6 Å². The maximum absolute atomic E-state index is 12.6. The van der Waals surface area contributed by atoms with Gasteiger partial charge >= 0.3 is 6.03 Å². The van der Waals surface area contributed by atoms with Gasteiger partial charge in [0.15, 0.2) is 0 Å². The fourth-order valence-electron chi connectivity index (χ4n) is 2.78. The number of nitrogens with one attached hydrogen (secondary N) is 1. The van der Waals surface area contributed by atoms with E-state index in [1.807, 2.05) is 0 Å². The number of ether oxygens (including phenoxy) is 1. The van der Waals surface area contributed by atoms with Crippen molar-refractivity contribution in [3.63, 3.8) is 0 Å². The number of anilines is 1. The predicted octanol–water partition coefficient (Wildman–Crippen LogP) is 1.52. The standard InChI is InChI=1S/C14H16ClN3O3/c15-10-2-1-3-11(16)9(10)8-18-12(19)14(17-13(18)20)4-6-21-7-5-14/h1-3H,4-8,16H2,(H,17,20). The summed E-state index contributed by atoms with van der Waals surface area (Å²) < 4.78 is 5.27. The molecule has 2 saturated heterocycles. The summed E-state index contributed by atoms with van der Waals surface area (Å²) in [6.07, 6.45) is 0.984. The molecular formula is C14H16ClN3O3. The van der Waals surface area contributed by atoms with E-state index in [0.29, 0.717) is 42.3 Å². The average molecular weight is 310 g/mol. The summed E-state index contributed by atoms with van der Waals surface area (Å²) in [7, 11) is 0. The van der Waals surface area contributed by atoms with Crippen molar-refractivity contribution in [1.29, 1.82) is 0 Å². The van der Waals surface area contributed by atoms with E-state index < -0.39 is 11.6 Å². The highest BCUT2D eigenvalue weighted by Gasteiger charge is 2.51. The molecule has 3 rings (SSSR count). The Labute approximate surface area is 127 Å². The number of nitrogens with zero attached hydrogens (tertiary/aromatic N) is 1. The summed E-state index contributed by atoms with van der Waals surface area (Å²) >= 11 is 6.11. The van der Waals surface area contributed by atoms with E-state index in [1.165, 1.54) is 4.90 Å². The fraction of sp³-hybridized carbons (Fsp3) is 0.429. The number of carbonyl (C=O) groups excluding carboxylic acids is 2. The first-order valence-corrected chi connectivity index (χ1v) is 7.16. The molecule has 0 saturated carbocycles. The summed E-state index contributed by atoms with van der Waals surface area (Å²) in [5.74, 6) is -0.227. The van der Waals surface area contributed by atoms with Crippen molar-refractivity contribution in [1.82, 2.24) is 10.2 Å². The molecule has 1 aromatic rings. The zero-order valence-electron chi connectivity index (χ0n) is 11.4.